The molecule has 6 heteroatoms. The largest absolute Gasteiger partial charge is 0.508 e. The van der Waals surface area contributed by atoms with E-state index in [1.165, 1.54) is 0 Å². The van der Waals surface area contributed by atoms with Gasteiger partial charge in [-0.2, -0.15) is 0 Å². The van der Waals surface area contributed by atoms with Gasteiger partial charge in [0.25, 0.3) is 0 Å². The Hall–Kier alpha value is -1.47. The van der Waals surface area contributed by atoms with Crippen molar-refractivity contribution in [3.8, 4) is 5.75 Å². The number of nitrogens with zero attached hydrogens (tertiary/aromatic N) is 1. The van der Waals surface area contributed by atoms with E-state index >= 15 is 0 Å². The quantitative estimate of drug-likeness (QED) is 0.363. The van der Waals surface area contributed by atoms with Crippen molar-refractivity contribution < 1.29 is 5.11 Å². The zero-order chi connectivity index (χ0) is 19.7. The van der Waals surface area contributed by atoms with E-state index < -0.39 is 0 Å². The zero-order valence-corrected chi connectivity index (χ0v) is 19.5. The maximum absolute atomic E-state index is 10.5. The summed E-state index contributed by atoms with van der Waals surface area (Å²) < 4.78 is 2.99. The van der Waals surface area contributed by atoms with Crippen LogP contribution in [0.3, 0.4) is 0 Å². The van der Waals surface area contributed by atoms with Crippen molar-refractivity contribution in [3.05, 3.63) is 96.8 Å². The van der Waals surface area contributed by atoms with Crippen molar-refractivity contribution in [2.24, 2.45) is 4.99 Å². The van der Waals surface area contributed by atoms with Gasteiger partial charge in [-0.05, 0) is 53.6 Å². The van der Waals surface area contributed by atoms with Crippen LogP contribution in [0.15, 0.2) is 85.1 Å². The summed E-state index contributed by atoms with van der Waals surface area (Å²) in [6.45, 7) is 0. The maximum atomic E-state index is 10.5. The molecular formula is C22H17Br3N2O. The fourth-order valence-corrected chi connectivity index (χ4v) is 4.41. The Labute approximate surface area is 189 Å². The summed E-state index contributed by atoms with van der Waals surface area (Å²) in [7, 11) is 0. The third-order valence-electron chi connectivity index (χ3n) is 4.75. The SMILES string of the molecule is Oc1ccc(Br)cc1C1CC(c2cccc(Br)c2)=NC(c2ccc(Br)cc2)N1. The molecule has 0 saturated carbocycles. The number of nitrogens with one attached hydrogen (secondary N) is 1. The number of halogens is 3. The van der Waals surface area contributed by atoms with Gasteiger partial charge in [0.15, 0.2) is 0 Å². The summed E-state index contributed by atoms with van der Waals surface area (Å²) in [6, 6.07) is 21.8. The van der Waals surface area contributed by atoms with Crippen LogP contribution in [0.25, 0.3) is 0 Å². The first-order chi connectivity index (χ1) is 13.5. The predicted octanol–water partition coefficient (Wildman–Crippen LogP) is 6.90. The lowest BCUT2D eigenvalue weighted by Crippen LogP contribution is -2.33. The van der Waals surface area contributed by atoms with Gasteiger partial charge in [-0.25, -0.2) is 0 Å². The van der Waals surface area contributed by atoms with Crippen molar-refractivity contribution in [1.29, 1.82) is 0 Å². The number of phenols is 1. The van der Waals surface area contributed by atoms with E-state index in [2.05, 4.69) is 77.4 Å². The summed E-state index contributed by atoms with van der Waals surface area (Å²) in [5.74, 6) is 0.283. The van der Waals surface area contributed by atoms with E-state index in [-0.39, 0.29) is 18.0 Å². The number of hydrogen-bond donors (Lipinski definition) is 2. The normalized spacial score (nSPS) is 19.3. The van der Waals surface area contributed by atoms with Gasteiger partial charge in [0.05, 0.1) is 0 Å². The molecule has 0 aromatic heterocycles. The molecule has 142 valence electrons. The summed E-state index contributed by atoms with van der Waals surface area (Å²) in [5.41, 5.74) is 4.03. The van der Waals surface area contributed by atoms with Crippen LogP contribution >= 0.6 is 47.8 Å². The molecule has 1 aliphatic heterocycles. The third kappa shape index (κ3) is 4.40. The smallest absolute Gasteiger partial charge is 0.126 e. The van der Waals surface area contributed by atoms with Gasteiger partial charge in [-0.1, -0.05) is 72.1 Å². The predicted molar refractivity (Wildman–Crippen MR) is 124 cm³/mol. The standard InChI is InChI=1S/C22H17Br3N2O/c23-15-6-4-13(5-7-15)22-26-19(14-2-1-3-16(24)10-14)12-20(27-22)18-11-17(25)8-9-21(18)28/h1-11,20,22,27-28H,12H2. The molecule has 0 bridgehead atoms. The Balaban J connectivity index is 1.77. The second-order valence-electron chi connectivity index (χ2n) is 6.67. The van der Waals surface area contributed by atoms with Gasteiger partial charge in [0, 0.05) is 37.2 Å². The molecule has 3 aromatic rings. The molecule has 1 heterocycles. The van der Waals surface area contributed by atoms with Crippen molar-refractivity contribution in [2.75, 3.05) is 0 Å². The van der Waals surface area contributed by atoms with Gasteiger partial charge < -0.3 is 5.11 Å². The number of aromatic hydroxyl groups is 1. The molecule has 0 saturated heterocycles. The lowest BCUT2D eigenvalue weighted by molar-refractivity contribution is 0.412. The van der Waals surface area contributed by atoms with Crippen LogP contribution in [0.4, 0.5) is 0 Å². The van der Waals surface area contributed by atoms with Crippen LogP contribution in [0.2, 0.25) is 0 Å². The second kappa shape index (κ2) is 8.49. The minimum atomic E-state index is -0.195. The Morgan fingerprint density at radius 3 is 2.32 bits per heavy atom. The Kier molecular flexibility index (Phi) is 6.01. The number of rotatable bonds is 3. The van der Waals surface area contributed by atoms with Crippen LogP contribution in [0.1, 0.15) is 35.3 Å². The molecule has 2 N–H and O–H groups in total. The molecule has 0 radical (unpaired) electrons. The van der Waals surface area contributed by atoms with Crippen LogP contribution in [-0.4, -0.2) is 10.8 Å². The van der Waals surface area contributed by atoms with Crippen molar-refractivity contribution >= 4 is 53.5 Å². The van der Waals surface area contributed by atoms with Gasteiger partial charge >= 0.3 is 0 Å². The van der Waals surface area contributed by atoms with Gasteiger partial charge in [0.2, 0.25) is 0 Å². The number of benzene rings is 3. The van der Waals surface area contributed by atoms with E-state index in [9.17, 15) is 5.11 Å². The summed E-state index contributed by atoms with van der Waals surface area (Å²) in [4.78, 5) is 5.00. The lowest BCUT2D eigenvalue weighted by Gasteiger charge is -2.31. The number of aliphatic imine (C=N–C) groups is 1. The summed E-state index contributed by atoms with van der Waals surface area (Å²) in [5, 5.41) is 14.1. The number of phenolic OH excluding ortho intramolecular Hbond substituents is 1. The highest BCUT2D eigenvalue weighted by atomic mass is 79.9. The highest BCUT2D eigenvalue weighted by molar-refractivity contribution is 9.11. The fraction of sp³-hybridized carbons (Fsp3) is 0.136. The van der Waals surface area contributed by atoms with Crippen LogP contribution < -0.4 is 5.32 Å². The van der Waals surface area contributed by atoms with Gasteiger partial charge in [0.1, 0.15) is 11.9 Å². The lowest BCUT2D eigenvalue weighted by atomic mass is 9.93. The Bertz CT molecular complexity index is 1030. The maximum Gasteiger partial charge on any atom is 0.126 e. The van der Waals surface area contributed by atoms with Crippen molar-refractivity contribution in [2.45, 2.75) is 18.6 Å². The molecule has 3 nitrogen and oxygen atoms in total. The van der Waals surface area contributed by atoms with E-state index in [1.807, 2.05) is 36.4 Å². The molecule has 2 unspecified atom stereocenters. The van der Waals surface area contributed by atoms with Gasteiger partial charge in [-0.15, -0.1) is 0 Å². The molecular weight excluding hydrogens is 548 g/mol. The topological polar surface area (TPSA) is 44.6 Å². The molecule has 0 amide bonds. The average Bonchev–Trinajstić information content (AvgIpc) is 2.70. The van der Waals surface area contributed by atoms with E-state index in [0.29, 0.717) is 6.42 Å². The highest BCUT2D eigenvalue weighted by Gasteiger charge is 2.27. The zero-order valence-electron chi connectivity index (χ0n) is 14.7. The van der Waals surface area contributed by atoms with E-state index in [0.717, 1.165) is 35.8 Å². The monoisotopic (exact) mass is 562 g/mol. The Morgan fingerprint density at radius 2 is 1.57 bits per heavy atom. The molecule has 0 fully saturated rings. The molecule has 0 aliphatic carbocycles. The molecule has 0 spiro atoms. The van der Waals surface area contributed by atoms with Crippen LogP contribution in [-0.2, 0) is 0 Å². The minimum Gasteiger partial charge on any atom is -0.508 e. The first-order valence-corrected chi connectivity index (χ1v) is 11.2. The highest BCUT2D eigenvalue weighted by Crippen LogP contribution is 2.36. The summed E-state index contributed by atoms with van der Waals surface area (Å²) >= 11 is 10.6. The third-order valence-corrected chi connectivity index (χ3v) is 6.27. The van der Waals surface area contributed by atoms with Gasteiger partial charge in [-0.3, -0.25) is 10.3 Å². The fourth-order valence-electron chi connectivity index (χ4n) is 3.37. The summed E-state index contributed by atoms with van der Waals surface area (Å²) in [6.07, 6.45) is 0.493. The minimum absolute atomic E-state index is 0.0578. The molecule has 1 aliphatic rings. The second-order valence-corrected chi connectivity index (χ2v) is 9.41. The Morgan fingerprint density at radius 1 is 0.857 bits per heavy atom. The first kappa shape index (κ1) is 19.8. The van der Waals surface area contributed by atoms with E-state index in [1.54, 1.807) is 6.07 Å². The number of hydrogen-bond acceptors (Lipinski definition) is 3. The molecule has 28 heavy (non-hydrogen) atoms. The molecule has 2 atom stereocenters. The van der Waals surface area contributed by atoms with Crippen LogP contribution in [0, 0.1) is 0 Å². The van der Waals surface area contributed by atoms with Crippen molar-refractivity contribution in [1.82, 2.24) is 5.32 Å². The first-order valence-electron chi connectivity index (χ1n) is 8.82. The molecule has 4 rings (SSSR count). The average molecular weight is 565 g/mol. The van der Waals surface area contributed by atoms with E-state index in [4.69, 9.17) is 4.99 Å². The van der Waals surface area contributed by atoms with Crippen molar-refractivity contribution in [3.63, 3.8) is 0 Å². The van der Waals surface area contributed by atoms with Crippen LogP contribution in [0.5, 0.6) is 5.75 Å². The molecule has 3 aromatic carbocycles.